The van der Waals surface area contributed by atoms with E-state index in [1.807, 2.05) is 0 Å². The zero-order valence-corrected chi connectivity index (χ0v) is 12.5. The Morgan fingerprint density at radius 1 is 1.26 bits per heavy atom. The van der Waals surface area contributed by atoms with E-state index in [1.165, 1.54) is 18.4 Å². The SMILES string of the molecule is CCCNCC(C)C(C)CC1COc2ccccc21. The average molecular weight is 261 g/mol. The Morgan fingerprint density at radius 3 is 2.84 bits per heavy atom. The summed E-state index contributed by atoms with van der Waals surface area (Å²) >= 11 is 0. The maximum absolute atomic E-state index is 5.77. The first kappa shape index (κ1) is 14.4. The van der Waals surface area contributed by atoms with Gasteiger partial charge in [-0.25, -0.2) is 0 Å². The summed E-state index contributed by atoms with van der Waals surface area (Å²) in [6.07, 6.45) is 2.44. The molecule has 19 heavy (non-hydrogen) atoms. The Balaban J connectivity index is 1.84. The van der Waals surface area contributed by atoms with Crippen molar-refractivity contribution in [3.63, 3.8) is 0 Å². The van der Waals surface area contributed by atoms with Crippen LogP contribution in [0.15, 0.2) is 24.3 Å². The van der Waals surface area contributed by atoms with Gasteiger partial charge in [0.2, 0.25) is 0 Å². The normalized spacial score (nSPS) is 20.7. The number of rotatable bonds is 7. The van der Waals surface area contributed by atoms with Gasteiger partial charge in [-0.15, -0.1) is 0 Å². The molecule has 1 aromatic carbocycles. The van der Waals surface area contributed by atoms with Gasteiger partial charge >= 0.3 is 0 Å². The van der Waals surface area contributed by atoms with Gasteiger partial charge in [-0.1, -0.05) is 39.0 Å². The van der Waals surface area contributed by atoms with E-state index in [9.17, 15) is 0 Å². The standard InChI is InChI=1S/C17H27NO/c1-4-9-18-11-14(3)13(2)10-15-12-19-17-8-6-5-7-16(15)17/h5-8,13-15,18H,4,9-12H2,1-3H3. The van der Waals surface area contributed by atoms with Crippen molar-refractivity contribution in [3.05, 3.63) is 29.8 Å². The van der Waals surface area contributed by atoms with Crippen LogP contribution in [0.5, 0.6) is 5.75 Å². The summed E-state index contributed by atoms with van der Waals surface area (Å²) < 4.78 is 5.77. The lowest BCUT2D eigenvalue weighted by atomic mass is 9.84. The fourth-order valence-corrected chi connectivity index (χ4v) is 2.81. The molecule has 0 aromatic heterocycles. The third-order valence-corrected chi connectivity index (χ3v) is 4.32. The monoisotopic (exact) mass is 261 g/mol. The van der Waals surface area contributed by atoms with Gasteiger partial charge in [0, 0.05) is 11.5 Å². The second-order valence-electron chi connectivity index (χ2n) is 5.94. The van der Waals surface area contributed by atoms with Crippen LogP contribution < -0.4 is 10.1 Å². The third-order valence-electron chi connectivity index (χ3n) is 4.32. The Hall–Kier alpha value is -1.02. The van der Waals surface area contributed by atoms with Crippen LogP contribution in [0.4, 0.5) is 0 Å². The first-order valence-electron chi connectivity index (χ1n) is 7.64. The van der Waals surface area contributed by atoms with Gasteiger partial charge in [0.25, 0.3) is 0 Å². The van der Waals surface area contributed by atoms with Gasteiger partial charge in [0.15, 0.2) is 0 Å². The van der Waals surface area contributed by atoms with Crippen LogP contribution >= 0.6 is 0 Å². The zero-order chi connectivity index (χ0) is 13.7. The molecule has 1 N–H and O–H groups in total. The summed E-state index contributed by atoms with van der Waals surface area (Å²) in [6.45, 7) is 10.1. The van der Waals surface area contributed by atoms with Gasteiger partial charge < -0.3 is 10.1 Å². The van der Waals surface area contributed by atoms with Crippen molar-refractivity contribution in [1.29, 1.82) is 0 Å². The fraction of sp³-hybridized carbons (Fsp3) is 0.647. The number of para-hydroxylation sites is 1. The molecule has 0 radical (unpaired) electrons. The summed E-state index contributed by atoms with van der Waals surface area (Å²) in [7, 11) is 0. The molecule has 0 aliphatic carbocycles. The lowest BCUT2D eigenvalue weighted by Crippen LogP contribution is -2.26. The Labute approximate surface area is 117 Å². The number of hydrogen-bond acceptors (Lipinski definition) is 2. The minimum Gasteiger partial charge on any atom is -0.493 e. The van der Waals surface area contributed by atoms with Crippen LogP contribution in [0.1, 0.15) is 45.1 Å². The van der Waals surface area contributed by atoms with Gasteiger partial charge in [0.1, 0.15) is 5.75 Å². The van der Waals surface area contributed by atoms with Crippen molar-refractivity contribution in [2.45, 2.75) is 39.5 Å². The molecule has 0 saturated heterocycles. The number of hydrogen-bond donors (Lipinski definition) is 1. The quantitative estimate of drug-likeness (QED) is 0.753. The molecule has 106 valence electrons. The van der Waals surface area contributed by atoms with Gasteiger partial charge in [-0.05, 0) is 43.8 Å². The van der Waals surface area contributed by atoms with E-state index in [2.05, 4.69) is 50.4 Å². The first-order valence-corrected chi connectivity index (χ1v) is 7.64. The molecule has 2 nitrogen and oxygen atoms in total. The first-order chi connectivity index (χ1) is 9.22. The van der Waals surface area contributed by atoms with Crippen molar-refractivity contribution in [2.75, 3.05) is 19.7 Å². The summed E-state index contributed by atoms with van der Waals surface area (Å²) in [4.78, 5) is 0. The highest BCUT2D eigenvalue weighted by molar-refractivity contribution is 5.39. The van der Waals surface area contributed by atoms with Gasteiger partial charge in [-0.2, -0.15) is 0 Å². The van der Waals surface area contributed by atoms with Crippen molar-refractivity contribution in [2.24, 2.45) is 11.8 Å². The molecule has 1 aliphatic rings. The smallest absolute Gasteiger partial charge is 0.122 e. The summed E-state index contributed by atoms with van der Waals surface area (Å²) in [5.41, 5.74) is 1.41. The Kier molecular flexibility index (Phi) is 5.26. The van der Waals surface area contributed by atoms with Crippen LogP contribution in [0, 0.1) is 11.8 Å². The van der Waals surface area contributed by atoms with E-state index in [1.54, 1.807) is 0 Å². The molecule has 0 fully saturated rings. The predicted molar refractivity (Wildman–Crippen MR) is 80.8 cm³/mol. The molecule has 0 amide bonds. The molecule has 2 heteroatoms. The molecule has 2 rings (SSSR count). The summed E-state index contributed by atoms with van der Waals surface area (Å²) in [6, 6.07) is 8.49. The van der Waals surface area contributed by atoms with Crippen LogP contribution in [-0.2, 0) is 0 Å². The van der Waals surface area contributed by atoms with E-state index in [0.717, 1.165) is 37.3 Å². The maximum atomic E-state index is 5.77. The minimum atomic E-state index is 0.583. The molecule has 3 unspecified atom stereocenters. The summed E-state index contributed by atoms with van der Waals surface area (Å²) in [5, 5.41) is 3.53. The van der Waals surface area contributed by atoms with Crippen LogP contribution in [0.2, 0.25) is 0 Å². The lowest BCUT2D eigenvalue weighted by molar-refractivity contribution is 0.278. The molecular formula is C17H27NO. The lowest BCUT2D eigenvalue weighted by Gasteiger charge is -2.23. The molecule has 1 heterocycles. The topological polar surface area (TPSA) is 21.3 Å². The van der Waals surface area contributed by atoms with Gasteiger partial charge in [-0.3, -0.25) is 0 Å². The molecule has 1 aliphatic heterocycles. The molecular weight excluding hydrogens is 234 g/mol. The Bertz CT molecular complexity index is 391. The average Bonchev–Trinajstić information content (AvgIpc) is 2.82. The van der Waals surface area contributed by atoms with Crippen molar-refractivity contribution >= 4 is 0 Å². The van der Waals surface area contributed by atoms with Crippen LogP contribution in [0.3, 0.4) is 0 Å². The van der Waals surface area contributed by atoms with Crippen molar-refractivity contribution in [3.8, 4) is 5.75 Å². The highest BCUT2D eigenvalue weighted by atomic mass is 16.5. The molecule has 3 atom stereocenters. The van der Waals surface area contributed by atoms with Crippen LogP contribution in [0.25, 0.3) is 0 Å². The largest absolute Gasteiger partial charge is 0.493 e. The number of fused-ring (bicyclic) bond motifs is 1. The van der Waals surface area contributed by atoms with E-state index in [-0.39, 0.29) is 0 Å². The molecule has 1 aromatic rings. The zero-order valence-electron chi connectivity index (χ0n) is 12.5. The van der Waals surface area contributed by atoms with Gasteiger partial charge in [0.05, 0.1) is 6.61 Å². The molecule has 0 saturated carbocycles. The second-order valence-corrected chi connectivity index (χ2v) is 5.94. The molecule has 0 bridgehead atoms. The highest BCUT2D eigenvalue weighted by Gasteiger charge is 2.26. The van der Waals surface area contributed by atoms with E-state index in [0.29, 0.717) is 5.92 Å². The molecule has 0 spiro atoms. The second kappa shape index (κ2) is 6.95. The Morgan fingerprint density at radius 2 is 2.05 bits per heavy atom. The fourth-order valence-electron chi connectivity index (χ4n) is 2.81. The van der Waals surface area contributed by atoms with E-state index >= 15 is 0 Å². The highest BCUT2D eigenvalue weighted by Crippen LogP contribution is 2.38. The number of nitrogens with one attached hydrogen (secondary N) is 1. The van der Waals surface area contributed by atoms with E-state index < -0.39 is 0 Å². The maximum Gasteiger partial charge on any atom is 0.122 e. The predicted octanol–water partition coefficient (Wildman–Crippen LogP) is 3.82. The van der Waals surface area contributed by atoms with Crippen LogP contribution in [-0.4, -0.2) is 19.7 Å². The van der Waals surface area contributed by atoms with E-state index in [4.69, 9.17) is 4.74 Å². The third kappa shape index (κ3) is 3.73. The van der Waals surface area contributed by atoms with Crippen molar-refractivity contribution < 1.29 is 4.74 Å². The number of ether oxygens (including phenoxy) is 1. The summed E-state index contributed by atoms with van der Waals surface area (Å²) in [5.74, 6) is 3.12. The van der Waals surface area contributed by atoms with Crippen molar-refractivity contribution in [1.82, 2.24) is 5.32 Å². The minimum absolute atomic E-state index is 0.583. The number of benzene rings is 1.